The molecule has 0 unspecified atom stereocenters. The molecule has 6 atom stereocenters. The van der Waals surface area contributed by atoms with E-state index in [9.17, 15) is 24.5 Å². The van der Waals surface area contributed by atoms with Gasteiger partial charge in [-0.2, -0.15) is 0 Å². The van der Waals surface area contributed by atoms with E-state index in [1.807, 2.05) is 20.8 Å². The molecule has 54 heavy (non-hydrogen) atoms. The predicted molar refractivity (Wildman–Crippen MR) is 206 cm³/mol. The lowest BCUT2D eigenvalue weighted by Gasteiger charge is -2.59. The van der Waals surface area contributed by atoms with Gasteiger partial charge in [-0.3, -0.25) is 4.90 Å². The predicted octanol–water partition coefficient (Wildman–Crippen LogP) is 8.18. The first kappa shape index (κ1) is 41.0. The molecule has 1 aliphatic heterocycles. The van der Waals surface area contributed by atoms with Crippen LogP contribution in [0, 0.1) is 23.6 Å². The number of fused-ring (bicyclic) bond motifs is 2. The molecule has 0 saturated heterocycles. The van der Waals surface area contributed by atoms with Crippen LogP contribution in [0.3, 0.4) is 0 Å². The van der Waals surface area contributed by atoms with Gasteiger partial charge in [-0.15, -0.1) is 13.2 Å². The number of halogens is 1. The number of phenols is 1. The molecular weight excluding hydrogens is 691 g/mol. The van der Waals surface area contributed by atoms with Crippen LogP contribution in [0.4, 0.5) is 9.18 Å². The van der Waals surface area contributed by atoms with Crippen molar-refractivity contribution in [3.05, 3.63) is 96.4 Å². The zero-order valence-electron chi connectivity index (χ0n) is 31.9. The summed E-state index contributed by atoms with van der Waals surface area (Å²) in [7, 11) is 0. The Bertz CT molecular complexity index is 1650. The normalized spacial score (nSPS) is 25.1. The number of ether oxygens (including phenoxy) is 3. The van der Waals surface area contributed by atoms with E-state index in [1.54, 1.807) is 47.4 Å². The second-order valence-electron chi connectivity index (χ2n) is 15.4. The van der Waals surface area contributed by atoms with Crippen molar-refractivity contribution in [2.75, 3.05) is 26.4 Å². The lowest BCUT2D eigenvalue weighted by molar-refractivity contribution is -0.256. The number of carbonyl (C=O) groups is 1. The zero-order chi connectivity index (χ0) is 38.9. The SMILES string of the molecule is C=CCCOC(=O)N(Cc1ccc(F)cc1)[C@H]1CC(=NOC(C)(C)C)C2=C[C@H](CCCCO)[C@@H](CCCCO)[C@@H]3c4cc(O)ccc4O[C@@]1(OCC=C)[C@H]23. The number of allylic oxidation sites excluding steroid dienone is 1. The van der Waals surface area contributed by atoms with Crippen molar-refractivity contribution in [3.63, 3.8) is 0 Å². The van der Waals surface area contributed by atoms with Crippen LogP contribution in [-0.4, -0.2) is 75.9 Å². The van der Waals surface area contributed by atoms with Gasteiger partial charge in [-0.05, 0) is 106 Å². The van der Waals surface area contributed by atoms with E-state index < -0.39 is 35.3 Å². The molecule has 0 spiro atoms. The maximum absolute atomic E-state index is 14.4. The third kappa shape index (κ3) is 9.36. The Morgan fingerprint density at radius 2 is 1.78 bits per heavy atom. The Kier molecular flexibility index (Phi) is 14.0. The second-order valence-corrected chi connectivity index (χ2v) is 15.4. The van der Waals surface area contributed by atoms with Gasteiger partial charge in [-0.25, -0.2) is 9.18 Å². The standard InChI is InChI=1S/C43H57FN2O8/c1-6-8-24-51-41(50)46(28-29-15-17-31(44)18-16-29)38-27-36(45-54-42(3,4)5)34-25-30(13-9-11-21-47)33(14-10-12-22-48)39-35-26-32(49)19-20-37(35)53-43(38,40(34)39)52-23-7-2/h6-7,15-20,25-26,30,33,38-40,47-49H,1-2,8-14,21-24,27-28H2,3-5H3/t30-,33+,38-,39+,40+,43+/m0/s1. The number of oxime groups is 1. The monoisotopic (exact) mass is 748 g/mol. The molecule has 0 aromatic heterocycles. The van der Waals surface area contributed by atoms with Gasteiger partial charge in [0.05, 0.1) is 24.8 Å². The molecule has 2 aromatic carbocycles. The van der Waals surface area contributed by atoms with Crippen LogP contribution in [0.15, 0.2) is 84.6 Å². The van der Waals surface area contributed by atoms with E-state index in [1.165, 1.54) is 12.1 Å². The number of unbranched alkanes of at least 4 members (excludes halogenated alkanes) is 2. The molecule has 1 fully saturated rings. The maximum atomic E-state index is 14.4. The van der Waals surface area contributed by atoms with Crippen molar-refractivity contribution in [2.45, 2.75) is 102 Å². The minimum Gasteiger partial charge on any atom is -0.508 e. The van der Waals surface area contributed by atoms with Crippen molar-refractivity contribution in [3.8, 4) is 11.5 Å². The number of hydrogen-bond donors (Lipinski definition) is 3. The van der Waals surface area contributed by atoms with E-state index in [-0.39, 0.29) is 62.9 Å². The summed E-state index contributed by atoms with van der Waals surface area (Å²) in [6.45, 7) is 13.9. The molecule has 1 amide bonds. The molecule has 2 aliphatic carbocycles. The first-order valence-corrected chi connectivity index (χ1v) is 19.2. The van der Waals surface area contributed by atoms with Gasteiger partial charge in [0.15, 0.2) is 0 Å². The van der Waals surface area contributed by atoms with Gasteiger partial charge in [0, 0.05) is 37.7 Å². The van der Waals surface area contributed by atoms with Gasteiger partial charge in [0.2, 0.25) is 5.79 Å². The van der Waals surface area contributed by atoms with Crippen LogP contribution >= 0.6 is 0 Å². The van der Waals surface area contributed by atoms with Crippen LogP contribution in [0.2, 0.25) is 0 Å². The minimum absolute atomic E-state index is 0.00812. The van der Waals surface area contributed by atoms with Gasteiger partial charge < -0.3 is 34.4 Å². The molecule has 2 aromatic rings. The number of carbonyl (C=O) groups excluding carboxylic acids is 1. The maximum Gasteiger partial charge on any atom is 0.410 e. The lowest BCUT2D eigenvalue weighted by atomic mass is 9.55. The molecule has 3 aliphatic rings. The number of aliphatic hydroxyl groups is 2. The van der Waals surface area contributed by atoms with E-state index in [0.717, 1.165) is 36.8 Å². The molecule has 5 rings (SSSR count). The molecule has 0 bridgehead atoms. The number of phenolic OH excluding ortho intramolecular Hbond substituents is 1. The van der Waals surface area contributed by atoms with Crippen LogP contribution in [-0.2, 0) is 20.9 Å². The van der Waals surface area contributed by atoms with Gasteiger partial charge in [0.25, 0.3) is 0 Å². The highest BCUT2D eigenvalue weighted by molar-refractivity contribution is 6.03. The molecule has 1 saturated carbocycles. The Hall–Kier alpha value is -4.19. The smallest absolute Gasteiger partial charge is 0.410 e. The average Bonchev–Trinajstić information content (AvgIpc) is 3.14. The summed E-state index contributed by atoms with van der Waals surface area (Å²) in [5, 5.41) is 35.3. The fraction of sp³-hybridized carbons (Fsp3) is 0.535. The second kappa shape index (κ2) is 18.4. The molecular formula is C43H57FN2O8. The molecule has 3 N–H and O–H groups in total. The first-order chi connectivity index (χ1) is 26.0. The first-order valence-electron chi connectivity index (χ1n) is 19.2. The zero-order valence-corrected chi connectivity index (χ0v) is 31.9. The third-order valence-corrected chi connectivity index (χ3v) is 10.5. The fourth-order valence-electron chi connectivity index (χ4n) is 8.25. The van der Waals surface area contributed by atoms with Gasteiger partial charge in [-0.1, -0.05) is 48.4 Å². The van der Waals surface area contributed by atoms with Crippen LogP contribution in [0.25, 0.3) is 0 Å². The van der Waals surface area contributed by atoms with E-state index in [2.05, 4.69) is 19.2 Å². The van der Waals surface area contributed by atoms with Gasteiger partial charge >= 0.3 is 6.09 Å². The molecule has 294 valence electrons. The summed E-state index contributed by atoms with van der Waals surface area (Å²) in [5.41, 5.74) is 2.39. The summed E-state index contributed by atoms with van der Waals surface area (Å²) in [5.74, 6) is -2.04. The van der Waals surface area contributed by atoms with E-state index in [0.29, 0.717) is 36.3 Å². The molecule has 1 heterocycles. The van der Waals surface area contributed by atoms with Crippen LogP contribution in [0.5, 0.6) is 11.5 Å². The summed E-state index contributed by atoms with van der Waals surface area (Å²) in [6, 6.07) is 10.3. The van der Waals surface area contributed by atoms with Crippen molar-refractivity contribution in [1.29, 1.82) is 0 Å². The number of hydrogen-bond acceptors (Lipinski definition) is 9. The van der Waals surface area contributed by atoms with Crippen molar-refractivity contribution in [1.82, 2.24) is 4.90 Å². The number of nitrogens with zero attached hydrogens (tertiary/aromatic N) is 2. The van der Waals surface area contributed by atoms with Crippen molar-refractivity contribution in [2.24, 2.45) is 22.9 Å². The van der Waals surface area contributed by atoms with Gasteiger partial charge in [0.1, 0.15) is 29.0 Å². The average molecular weight is 749 g/mol. The van der Waals surface area contributed by atoms with E-state index in [4.69, 9.17) is 24.2 Å². The summed E-state index contributed by atoms with van der Waals surface area (Å²) < 4.78 is 34.1. The Morgan fingerprint density at radius 1 is 1.06 bits per heavy atom. The third-order valence-electron chi connectivity index (χ3n) is 10.5. The highest BCUT2D eigenvalue weighted by Gasteiger charge is 2.65. The number of aliphatic hydroxyl groups excluding tert-OH is 2. The lowest BCUT2D eigenvalue weighted by Crippen LogP contribution is -2.70. The topological polar surface area (TPSA) is 130 Å². The minimum atomic E-state index is -1.50. The molecule has 11 heteroatoms. The molecule has 0 radical (unpaired) electrons. The number of benzene rings is 2. The number of aromatic hydroxyl groups is 1. The Morgan fingerprint density at radius 3 is 2.44 bits per heavy atom. The summed E-state index contributed by atoms with van der Waals surface area (Å²) >= 11 is 0. The highest BCUT2D eigenvalue weighted by atomic mass is 19.1. The number of rotatable bonds is 18. The van der Waals surface area contributed by atoms with Crippen molar-refractivity contribution >= 4 is 11.8 Å². The van der Waals surface area contributed by atoms with E-state index >= 15 is 0 Å². The largest absolute Gasteiger partial charge is 0.508 e. The fourth-order valence-corrected chi connectivity index (χ4v) is 8.25. The van der Waals surface area contributed by atoms with Crippen LogP contribution in [0.1, 0.15) is 89.2 Å². The quantitative estimate of drug-likeness (QED) is 0.0791. The summed E-state index contributed by atoms with van der Waals surface area (Å²) in [4.78, 5) is 22.1. The number of amides is 1. The van der Waals surface area contributed by atoms with Crippen molar-refractivity contribution < 1.29 is 43.6 Å². The summed E-state index contributed by atoms with van der Waals surface area (Å²) in [6.07, 6.45) is 10.0. The van der Waals surface area contributed by atoms with Crippen LogP contribution < -0.4 is 4.74 Å². The Labute approximate surface area is 318 Å². The molecule has 10 nitrogen and oxygen atoms in total. The highest BCUT2D eigenvalue weighted by Crippen LogP contribution is 2.62. The Balaban J connectivity index is 1.79.